The second-order valence-corrected chi connectivity index (χ2v) is 7.78. The standard InChI is InChI=1S/C24H40N6O2/c1-2-3-20-32-24(31)28-17-13-11-9-7-5-4-6-8-10-12-16-27-23(29-21-25)30-22-14-18-26-19-15-22/h14-15,18-19H,2-13,16-17,20H2,1H3,(H,28,31)(H2,26,27,29,30). The molecule has 1 aromatic heterocycles. The highest BCUT2D eigenvalue weighted by atomic mass is 16.5. The molecule has 178 valence electrons. The van der Waals surface area contributed by atoms with Gasteiger partial charge < -0.3 is 15.4 Å². The molecule has 0 aliphatic heterocycles. The Bertz CT molecular complexity index is 660. The van der Waals surface area contributed by atoms with Crippen LogP contribution < -0.4 is 16.0 Å². The number of ether oxygens (including phenoxy) is 1. The van der Waals surface area contributed by atoms with E-state index in [0.29, 0.717) is 19.1 Å². The summed E-state index contributed by atoms with van der Waals surface area (Å²) in [5.41, 5.74) is 0.756. The predicted octanol–water partition coefficient (Wildman–Crippen LogP) is 5.16. The van der Waals surface area contributed by atoms with Crippen molar-refractivity contribution in [1.82, 2.24) is 20.9 Å². The van der Waals surface area contributed by atoms with E-state index in [2.05, 4.69) is 32.9 Å². The first-order valence-electron chi connectivity index (χ1n) is 12.0. The lowest BCUT2D eigenvalue weighted by Crippen LogP contribution is -2.34. The zero-order chi connectivity index (χ0) is 23.1. The number of nitrogens with one attached hydrogen (secondary N) is 3. The number of aliphatic imine (C=N–C) groups is 1. The highest BCUT2D eigenvalue weighted by Gasteiger charge is 2.00. The number of hydrogen-bond donors (Lipinski definition) is 3. The van der Waals surface area contributed by atoms with E-state index in [-0.39, 0.29) is 6.09 Å². The Morgan fingerprint density at radius 3 is 2.06 bits per heavy atom. The molecule has 0 fully saturated rings. The molecule has 1 aromatic rings. The molecule has 3 N–H and O–H groups in total. The average molecular weight is 445 g/mol. The van der Waals surface area contributed by atoms with Crippen molar-refractivity contribution in [2.75, 3.05) is 19.7 Å². The molecule has 0 aliphatic carbocycles. The Balaban J connectivity index is 1.90. The molecule has 0 atom stereocenters. The molecule has 0 saturated carbocycles. The third kappa shape index (κ3) is 15.9. The van der Waals surface area contributed by atoms with Crippen LogP contribution in [0.4, 0.5) is 10.5 Å². The summed E-state index contributed by atoms with van der Waals surface area (Å²) in [6.45, 7) is 4.09. The number of aromatic nitrogens is 1. The van der Waals surface area contributed by atoms with Crippen LogP contribution in [0.2, 0.25) is 0 Å². The molecule has 0 unspecified atom stereocenters. The van der Waals surface area contributed by atoms with Crippen molar-refractivity contribution in [2.45, 2.75) is 84.0 Å². The molecular weight excluding hydrogens is 404 g/mol. The third-order valence-electron chi connectivity index (χ3n) is 4.97. The van der Waals surface area contributed by atoms with Crippen LogP contribution in [0.3, 0.4) is 0 Å². The van der Waals surface area contributed by atoms with E-state index in [9.17, 15) is 4.79 Å². The highest BCUT2D eigenvalue weighted by molar-refractivity contribution is 5.83. The molecule has 1 amide bonds. The smallest absolute Gasteiger partial charge is 0.407 e. The van der Waals surface area contributed by atoms with Gasteiger partial charge in [0.15, 0.2) is 6.19 Å². The Morgan fingerprint density at radius 2 is 1.50 bits per heavy atom. The van der Waals surface area contributed by atoms with Gasteiger partial charge in [-0.25, -0.2) is 9.79 Å². The number of unbranched alkanes of at least 4 members (excludes halogenated alkanes) is 10. The quantitative estimate of drug-likeness (QED) is 0.101. The molecule has 0 bridgehead atoms. The summed E-state index contributed by atoms with van der Waals surface area (Å²) in [5.74, 6) is 0.474. The number of alkyl carbamates (subject to hydrolysis) is 1. The maximum atomic E-state index is 11.4. The maximum absolute atomic E-state index is 11.4. The summed E-state index contributed by atoms with van der Waals surface area (Å²) < 4.78 is 5.06. The van der Waals surface area contributed by atoms with Crippen LogP contribution in [0.5, 0.6) is 0 Å². The molecule has 0 radical (unpaired) electrons. The first-order chi connectivity index (χ1) is 15.8. The van der Waals surface area contributed by atoms with Gasteiger partial charge in [-0.1, -0.05) is 64.7 Å². The van der Waals surface area contributed by atoms with Crippen molar-refractivity contribution >= 4 is 17.7 Å². The Kier molecular flexibility index (Phi) is 17.1. The largest absolute Gasteiger partial charge is 0.450 e. The minimum Gasteiger partial charge on any atom is -0.450 e. The summed E-state index contributed by atoms with van der Waals surface area (Å²) in [5, 5.41) is 17.4. The van der Waals surface area contributed by atoms with Gasteiger partial charge in [-0.05, 0) is 31.4 Å². The topological polar surface area (TPSA) is 111 Å². The van der Waals surface area contributed by atoms with Gasteiger partial charge >= 0.3 is 6.09 Å². The molecule has 0 aliphatic rings. The van der Waals surface area contributed by atoms with E-state index in [1.807, 2.05) is 6.19 Å². The average Bonchev–Trinajstić information content (AvgIpc) is 2.80. The van der Waals surface area contributed by atoms with E-state index in [4.69, 9.17) is 10.00 Å². The number of carbonyl (C=O) groups is 1. The molecule has 1 heterocycles. The molecular formula is C24H40N6O2. The van der Waals surface area contributed by atoms with Gasteiger partial charge in [0, 0.05) is 25.5 Å². The first kappa shape index (κ1) is 27.2. The fourth-order valence-corrected chi connectivity index (χ4v) is 3.13. The maximum Gasteiger partial charge on any atom is 0.407 e. The molecule has 8 heteroatoms. The predicted molar refractivity (Wildman–Crippen MR) is 129 cm³/mol. The molecule has 0 aromatic carbocycles. The number of rotatable bonds is 17. The lowest BCUT2D eigenvalue weighted by molar-refractivity contribution is 0.144. The molecule has 1 rings (SSSR count). The third-order valence-corrected chi connectivity index (χ3v) is 4.97. The van der Waals surface area contributed by atoms with Crippen LogP contribution in [0.15, 0.2) is 29.5 Å². The number of guanidine groups is 1. The molecule has 0 saturated heterocycles. The number of amides is 1. The van der Waals surface area contributed by atoms with Crippen molar-refractivity contribution in [2.24, 2.45) is 4.99 Å². The first-order valence-corrected chi connectivity index (χ1v) is 12.0. The van der Waals surface area contributed by atoms with Crippen LogP contribution in [0.1, 0.15) is 84.0 Å². The lowest BCUT2D eigenvalue weighted by Gasteiger charge is -2.08. The minimum atomic E-state index is -0.285. The van der Waals surface area contributed by atoms with Gasteiger partial charge in [0.25, 0.3) is 0 Å². The summed E-state index contributed by atoms with van der Waals surface area (Å²) in [4.78, 5) is 19.7. The van der Waals surface area contributed by atoms with Gasteiger partial charge in [0.05, 0.1) is 12.3 Å². The summed E-state index contributed by atoms with van der Waals surface area (Å²) in [6, 6.07) is 3.59. The van der Waals surface area contributed by atoms with Gasteiger partial charge in [-0.2, -0.15) is 5.26 Å². The molecule has 8 nitrogen and oxygen atoms in total. The number of pyridine rings is 1. The fourth-order valence-electron chi connectivity index (χ4n) is 3.13. The van der Waals surface area contributed by atoms with Crippen LogP contribution in [-0.2, 0) is 4.74 Å². The second-order valence-electron chi connectivity index (χ2n) is 7.78. The van der Waals surface area contributed by atoms with Crippen LogP contribution >= 0.6 is 0 Å². The van der Waals surface area contributed by atoms with Crippen molar-refractivity contribution in [1.29, 1.82) is 5.26 Å². The lowest BCUT2D eigenvalue weighted by atomic mass is 10.1. The molecule has 32 heavy (non-hydrogen) atoms. The van der Waals surface area contributed by atoms with Gasteiger partial charge in [-0.15, -0.1) is 0 Å². The van der Waals surface area contributed by atoms with E-state index >= 15 is 0 Å². The molecule has 0 spiro atoms. The van der Waals surface area contributed by atoms with Gasteiger partial charge in [-0.3, -0.25) is 10.3 Å². The second kappa shape index (κ2) is 20.1. The van der Waals surface area contributed by atoms with Crippen molar-refractivity contribution < 1.29 is 9.53 Å². The zero-order valence-electron chi connectivity index (χ0n) is 19.6. The normalized spacial score (nSPS) is 10.9. The SMILES string of the molecule is CCCCOC(=O)NCCCCCCCCCCCCNC(=Nc1ccncc1)NC#N. The Morgan fingerprint density at radius 1 is 0.938 bits per heavy atom. The summed E-state index contributed by atoms with van der Waals surface area (Å²) in [6.07, 6.45) is 18.9. The summed E-state index contributed by atoms with van der Waals surface area (Å²) >= 11 is 0. The minimum absolute atomic E-state index is 0.285. The highest BCUT2D eigenvalue weighted by Crippen LogP contribution is 2.11. The number of carbonyl (C=O) groups excluding carboxylic acids is 1. The van der Waals surface area contributed by atoms with Crippen LogP contribution in [-0.4, -0.2) is 36.7 Å². The van der Waals surface area contributed by atoms with E-state index in [1.54, 1.807) is 24.5 Å². The van der Waals surface area contributed by atoms with E-state index < -0.39 is 0 Å². The van der Waals surface area contributed by atoms with Crippen LogP contribution in [0, 0.1) is 11.5 Å². The Labute approximate surface area is 193 Å². The van der Waals surface area contributed by atoms with Crippen molar-refractivity contribution in [3.05, 3.63) is 24.5 Å². The summed E-state index contributed by atoms with van der Waals surface area (Å²) in [7, 11) is 0. The van der Waals surface area contributed by atoms with Crippen LogP contribution in [0.25, 0.3) is 0 Å². The number of nitrogens with zero attached hydrogens (tertiary/aromatic N) is 3. The van der Waals surface area contributed by atoms with Crippen molar-refractivity contribution in [3.8, 4) is 6.19 Å². The van der Waals surface area contributed by atoms with Gasteiger partial charge in [0.1, 0.15) is 0 Å². The van der Waals surface area contributed by atoms with Gasteiger partial charge in [0.2, 0.25) is 5.96 Å². The fraction of sp³-hybridized carbons (Fsp3) is 0.667. The van der Waals surface area contributed by atoms with E-state index in [0.717, 1.165) is 44.3 Å². The van der Waals surface area contributed by atoms with E-state index in [1.165, 1.54) is 44.9 Å². The number of nitriles is 1. The zero-order valence-corrected chi connectivity index (χ0v) is 19.6. The Hall–Kier alpha value is -2.82. The van der Waals surface area contributed by atoms with Crippen molar-refractivity contribution in [3.63, 3.8) is 0 Å². The monoisotopic (exact) mass is 444 g/mol. The number of hydrogen-bond acceptors (Lipinski definition) is 5.